The van der Waals surface area contributed by atoms with Crippen molar-refractivity contribution in [3.63, 3.8) is 0 Å². The molecule has 0 aliphatic carbocycles. The van der Waals surface area contributed by atoms with Crippen LogP contribution in [0.4, 0.5) is 0 Å². The molecule has 4 heteroatoms. The van der Waals surface area contributed by atoms with Gasteiger partial charge in [-0.3, -0.25) is 0 Å². The monoisotopic (exact) mass is 138 g/mol. The third-order valence-corrected chi connectivity index (χ3v) is 0.683. The highest BCUT2D eigenvalue weighted by atomic mass is 31.1. The fraction of sp³-hybridized carbons (Fsp3) is 0.333. The highest BCUT2D eigenvalue weighted by Gasteiger charge is 1.73. The summed E-state index contributed by atoms with van der Waals surface area (Å²) in [5, 5.41) is 0. The van der Waals surface area contributed by atoms with Crippen LogP contribution in [-0.2, 0) is 9.13 Å². The van der Waals surface area contributed by atoms with Crippen molar-refractivity contribution < 1.29 is 9.13 Å². The molecule has 0 radical (unpaired) electrons. The average molecular weight is 138 g/mol. The highest BCUT2D eigenvalue weighted by Crippen LogP contribution is 1.86. The van der Waals surface area contributed by atoms with Crippen molar-refractivity contribution in [3.8, 4) is 0 Å². The zero-order valence-electron chi connectivity index (χ0n) is 3.89. The SMILES string of the molecule is C=CC[PH+]=O.O=[PH2+]. The summed E-state index contributed by atoms with van der Waals surface area (Å²) in [5.41, 5.74) is 0. The summed E-state index contributed by atoms with van der Waals surface area (Å²) in [6.45, 7) is 3.36. The summed E-state index contributed by atoms with van der Waals surface area (Å²) in [5.74, 6) is 0. The molecule has 0 aromatic carbocycles. The summed E-state index contributed by atoms with van der Waals surface area (Å²) in [6, 6.07) is 0. The maximum atomic E-state index is 9.49. The van der Waals surface area contributed by atoms with E-state index in [1.165, 1.54) is 9.12 Å². The van der Waals surface area contributed by atoms with Crippen LogP contribution in [0.1, 0.15) is 0 Å². The Morgan fingerprint density at radius 2 is 2.14 bits per heavy atom. The van der Waals surface area contributed by atoms with Crippen molar-refractivity contribution in [2.75, 3.05) is 6.16 Å². The molecule has 2 nitrogen and oxygen atoms in total. The molecule has 2 unspecified atom stereocenters. The van der Waals surface area contributed by atoms with Gasteiger partial charge in [-0.25, -0.2) is 0 Å². The van der Waals surface area contributed by atoms with E-state index >= 15 is 0 Å². The molecule has 0 rings (SSSR count). The van der Waals surface area contributed by atoms with E-state index in [4.69, 9.17) is 4.57 Å². The van der Waals surface area contributed by atoms with Crippen LogP contribution in [0.3, 0.4) is 0 Å². The third-order valence-electron chi connectivity index (χ3n) is 0.228. The maximum absolute atomic E-state index is 9.49. The lowest BCUT2D eigenvalue weighted by Crippen LogP contribution is -1.47. The summed E-state index contributed by atoms with van der Waals surface area (Å²) >= 11 is 0. The molecule has 0 bridgehead atoms. The molecule has 0 fully saturated rings. The Hall–Kier alpha value is -0.0600. The van der Waals surface area contributed by atoms with Crippen LogP contribution in [-0.4, -0.2) is 6.16 Å². The largest absolute Gasteiger partial charge is 0.328 e. The van der Waals surface area contributed by atoms with Crippen LogP contribution in [0.2, 0.25) is 0 Å². The standard InChI is InChI=1S/C3H5OP.H2OP/c1-2-3-5-4;1-2/h2H,1,3H2;2H2/q;+1/p+1. The Morgan fingerprint density at radius 3 is 2.14 bits per heavy atom. The molecular formula is C3H8O2P2+2. The van der Waals surface area contributed by atoms with Gasteiger partial charge in [0.1, 0.15) is 0 Å². The van der Waals surface area contributed by atoms with Crippen LogP contribution in [0.5, 0.6) is 0 Å². The normalized spacial score (nSPS) is 6.29. The molecule has 0 aromatic heterocycles. The Labute approximate surface area is 46.4 Å². The summed E-state index contributed by atoms with van der Waals surface area (Å²) in [4.78, 5) is 0. The molecule has 0 amide bonds. The van der Waals surface area contributed by atoms with Crippen molar-refractivity contribution in [1.29, 1.82) is 0 Å². The summed E-state index contributed by atoms with van der Waals surface area (Å²) in [7, 11) is 0.956. The van der Waals surface area contributed by atoms with Crippen molar-refractivity contribution in [2.24, 2.45) is 0 Å². The van der Waals surface area contributed by atoms with Gasteiger partial charge in [0.05, 0.1) is 0 Å². The Kier molecular flexibility index (Phi) is 24.0. The number of allylic oxidation sites excluding steroid dienone is 1. The second-order valence-corrected chi connectivity index (χ2v) is 1.33. The molecule has 0 aromatic rings. The van der Waals surface area contributed by atoms with E-state index in [9.17, 15) is 4.57 Å². The average Bonchev–Trinajstić information content (AvgIpc) is 1.75. The molecule has 0 N–H and O–H groups in total. The molecule has 0 spiro atoms. The van der Waals surface area contributed by atoms with Gasteiger partial charge in [0, 0.05) is 0 Å². The van der Waals surface area contributed by atoms with E-state index in [0.717, 1.165) is 0 Å². The smallest absolute Gasteiger partial charge is 0.0989 e. The van der Waals surface area contributed by atoms with Gasteiger partial charge in [-0.2, -0.15) is 0 Å². The third kappa shape index (κ3) is 24.5. The van der Waals surface area contributed by atoms with Crippen molar-refractivity contribution in [3.05, 3.63) is 12.7 Å². The van der Waals surface area contributed by atoms with Crippen LogP contribution in [0.15, 0.2) is 12.7 Å². The van der Waals surface area contributed by atoms with E-state index in [1.807, 2.05) is 0 Å². The Balaban J connectivity index is 0. The molecule has 7 heavy (non-hydrogen) atoms. The summed E-state index contributed by atoms with van der Waals surface area (Å²) < 4.78 is 17.7. The molecule has 2 atom stereocenters. The number of hydrogen-bond donors (Lipinski definition) is 0. The first kappa shape index (κ1) is 10.0. The summed E-state index contributed by atoms with van der Waals surface area (Å²) in [6.07, 6.45) is 2.26. The van der Waals surface area contributed by atoms with Gasteiger partial charge in [0.15, 0.2) is 6.16 Å². The van der Waals surface area contributed by atoms with E-state index in [2.05, 4.69) is 6.58 Å². The van der Waals surface area contributed by atoms with Gasteiger partial charge in [-0.15, -0.1) is 0 Å². The van der Waals surface area contributed by atoms with Crippen LogP contribution in [0, 0.1) is 0 Å². The quantitative estimate of drug-likeness (QED) is 0.427. The van der Waals surface area contributed by atoms with Gasteiger partial charge in [0.2, 0.25) is 0 Å². The van der Waals surface area contributed by atoms with E-state index in [0.29, 0.717) is 6.16 Å². The second-order valence-electron chi connectivity index (χ2n) is 0.637. The first-order valence-electron chi connectivity index (χ1n) is 1.61. The van der Waals surface area contributed by atoms with Gasteiger partial charge in [-0.1, -0.05) is 15.7 Å². The topological polar surface area (TPSA) is 34.1 Å². The van der Waals surface area contributed by atoms with E-state index in [1.54, 1.807) is 6.08 Å². The first-order chi connectivity index (χ1) is 3.41. The Bertz CT molecular complexity index is 48.9. The molecule has 0 heterocycles. The minimum Gasteiger partial charge on any atom is -0.0989 e. The van der Waals surface area contributed by atoms with Gasteiger partial charge >= 0.3 is 17.6 Å². The molecule has 0 saturated heterocycles. The molecule has 0 saturated carbocycles. The van der Waals surface area contributed by atoms with Gasteiger partial charge in [0.25, 0.3) is 0 Å². The lowest BCUT2D eigenvalue weighted by Gasteiger charge is -1.47. The highest BCUT2D eigenvalue weighted by molar-refractivity contribution is 7.23. The van der Waals surface area contributed by atoms with Crippen LogP contribution < -0.4 is 0 Å². The zero-order chi connectivity index (χ0) is 6.12. The van der Waals surface area contributed by atoms with Gasteiger partial charge in [-0.05, 0) is 6.08 Å². The van der Waals surface area contributed by atoms with Crippen molar-refractivity contribution in [1.82, 2.24) is 0 Å². The number of hydrogen-bond acceptors (Lipinski definition) is 2. The van der Waals surface area contributed by atoms with E-state index < -0.39 is 0 Å². The van der Waals surface area contributed by atoms with Crippen molar-refractivity contribution in [2.45, 2.75) is 0 Å². The first-order valence-corrected chi connectivity index (χ1v) is 3.20. The fourth-order valence-corrected chi connectivity index (χ4v) is 0.177. The van der Waals surface area contributed by atoms with E-state index in [-0.39, 0.29) is 8.46 Å². The molecule has 0 aliphatic heterocycles. The molecule has 0 aliphatic rings. The maximum Gasteiger partial charge on any atom is 0.328 e. The predicted octanol–water partition coefficient (Wildman–Crippen LogP) is 1.40. The number of rotatable bonds is 2. The van der Waals surface area contributed by atoms with Crippen LogP contribution >= 0.6 is 17.6 Å². The minimum atomic E-state index is -0.210. The Morgan fingerprint density at radius 1 is 1.71 bits per heavy atom. The lowest BCUT2D eigenvalue weighted by atomic mass is 10.8. The second kappa shape index (κ2) is 16.8. The van der Waals surface area contributed by atoms with Gasteiger partial charge < -0.3 is 0 Å². The predicted molar refractivity (Wildman–Crippen MR) is 34.5 cm³/mol. The molecular weight excluding hydrogens is 130 g/mol. The van der Waals surface area contributed by atoms with Crippen molar-refractivity contribution >= 4 is 17.6 Å². The van der Waals surface area contributed by atoms with Crippen LogP contribution in [0.25, 0.3) is 0 Å². The fourth-order valence-electron chi connectivity index (χ4n) is 0.0589. The lowest BCUT2D eigenvalue weighted by molar-refractivity contribution is 0.600. The zero-order valence-corrected chi connectivity index (χ0v) is 6.04. The molecule has 40 valence electrons. The minimum absolute atomic E-state index is 0.210.